The molecule has 0 bridgehead atoms. The summed E-state index contributed by atoms with van der Waals surface area (Å²) >= 11 is 4.90. The van der Waals surface area contributed by atoms with Gasteiger partial charge in [0, 0.05) is 18.9 Å². The molecular weight excluding hydrogens is 194 g/mol. The zero-order valence-electron chi connectivity index (χ0n) is 8.57. The van der Waals surface area contributed by atoms with Crippen molar-refractivity contribution < 1.29 is 0 Å². The highest BCUT2D eigenvalue weighted by atomic mass is 32.1. The van der Waals surface area contributed by atoms with E-state index in [4.69, 9.17) is 18.0 Å². The minimum absolute atomic E-state index is 0.380. The van der Waals surface area contributed by atoms with Gasteiger partial charge in [-0.1, -0.05) is 38.4 Å². The maximum absolute atomic E-state index is 5.54. The number of hydrogen-bond acceptors (Lipinski definition) is 2. The Bertz CT molecular complexity index is 293. The minimum Gasteiger partial charge on any atom is -0.387 e. The van der Waals surface area contributed by atoms with Gasteiger partial charge in [-0.3, -0.25) is 0 Å². The molecule has 0 aromatic carbocycles. The molecule has 0 aliphatic heterocycles. The van der Waals surface area contributed by atoms with Crippen molar-refractivity contribution in [2.75, 3.05) is 0 Å². The molecular formula is C10H17N3S. The summed E-state index contributed by atoms with van der Waals surface area (Å²) in [6.07, 6.45) is 8.64. The van der Waals surface area contributed by atoms with Gasteiger partial charge in [-0.05, 0) is 6.42 Å². The van der Waals surface area contributed by atoms with E-state index in [9.17, 15) is 0 Å². The fraction of sp³-hybridized carbons (Fsp3) is 0.600. The Morgan fingerprint density at radius 2 is 2.29 bits per heavy atom. The molecule has 1 aromatic heterocycles. The van der Waals surface area contributed by atoms with Crippen LogP contribution < -0.4 is 5.73 Å². The van der Waals surface area contributed by atoms with Crippen LogP contribution in [0, 0.1) is 0 Å². The SMILES string of the molecule is CCCCCCn1ccnc1C(N)=S. The Labute approximate surface area is 90.3 Å². The molecule has 2 N–H and O–H groups in total. The minimum atomic E-state index is 0.380. The van der Waals surface area contributed by atoms with E-state index in [-0.39, 0.29) is 0 Å². The average molecular weight is 211 g/mol. The van der Waals surface area contributed by atoms with Gasteiger partial charge in [0.05, 0.1) is 0 Å². The lowest BCUT2D eigenvalue weighted by Gasteiger charge is -2.05. The number of unbranched alkanes of at least 4 members (excludes halogenated alkanes) is 3. The zero-order chi connectivity index (χ0) is 10.4. The number of aromatic nitrogens is 2. The highest BCUT2D eigenvalue weighted by Crippen LogP contribution is 2.04. The highest BCUT2D eigenvalue weighted by Gasteiger charge is 2.03. The van der Waals surface area contributed by atoms with Crippen molar-refractivity contribution in [3.8, 4) is 0 Å². The summed E-state index contributed by atoms with van der Waals surface area (Å²) < 4.78 is 2.03. The van der Waals surface area contributed by atoms with E-state index in [1.807, 2.05) is 10.8 Å². The van der Waals surface area contributed by atoms with Gasteiger partial charge in [-0.2, -0.15) is 0 Å². The molecule has 0 aliphatic rings. The van der Waals surface area contributed by atoms with Crippen LogP contribution >= 0.6 is 12.2 Å². The Balaban J connectivity index is 2.42. The van der Waals surface area contributed by atoms with Gasteiger partial charge < -0.3 is 10.3 Å². The molecule has 0 fully saturated rings. The number of imidazole rings is 1. The predicted octanol–water partition coefficient (Wildman–Crippen LogP) is 2.10. The molecule has 0 saturated carbocycles. The van der Waals surface area contributed by atoms with Crippen LogP contribution in [0.1, 0.15) is 38.4 Å². The summed E-state index contributed by atoms with van der Waals surface area (Å²) in [4.78, 5) is 4.49. The summed E-state index contributed by atoms with van der Waals surface area (Å²) in [6.45, 7) is 3.17. The molecule has 14 heavy (non-hydrogen) atoms. The lowest BCUT2D eigenvalue weighted by atomic mass is 10.2. The third-order valence-corrected chi connectivity index (χ3v) is 2.37. The second-order valence-corrected chi connectivity index (χ2v) is 3.81. The highest BCUT2D eigenvalue weighted by molar-refractivity contribution is 7.80. The van der Waals surface area contributed by atoms with Gasteiger partial charge in [0.1, 0.15) is 4.99 Å². The smallest absolute Gasteiger partial charge is 0.167 e. The van der Waals surface area contributed by atoms with Crippen LogP contribution in [-0.2, 0) is 6.54 Å². The van der Waals surface area contributed by atoms with Crippen molar-refractivity contribution in [2.24, 2.45) is 5.73 Å². The van der Waals surface area contributed by atoms with Crippen molar-refractivity contribution in [2.45, 2.75) is 39.2 Å². The molecule has 0 spiro atoms. The summed E-state index contributed by atoms with van der Waals surface area (Å²) in [6, 6.07) is 0. The summed E-state index contributed by atoms with van der Waals surface area (Å²) in [5, 5.41) is 0. The molecule has 0 saturated heterocycles. The fourth-order valence-electron chi connectivity index (χ4n) is 1.42. The van der Waals surface area contributed by atoms with E-state index < -0.39 is 0 Å². The molecule has 4 heteroatoms. The number of rotatable bonds is 6. The van der Waals surface area contributed by atoms with E-state index in [1.165, 1.54) is 25.7 Å². The van der Waals surface area contributed by atoms with Gasteiger partial charge >= 0.3 is 0 Å². The Hall–Kier alpha value is -0.900. The first-order valence-corrected chi connectivity index (χ1v) is 5.47. The Morgan fingerprint density at radius 1 is 1.50 bits per heavy atom. The molecule has 1 heterocycles. The van der Waals surface area contributed by atoms with Gasteiger partial charge in [0.2, 0.25) is 0 Å². The average Bonchev–Trinajstić information content (AvgIpc) is 2.60. The monoisotopic (exact) mass is 211 g/mol. The molecule has 1 rings (SSSR count). The van der Waals surface area contributed by atoms with Crippen molar-refractivity contribution >= 4 is 17.2 Å². The van der Waals surface area contributed by atoms with Crippen LogP contribution in [0.4, 0.5) is 0 Å². The topological polar surface area (TPSA) is 43.8 Å². The first-order chi connectivity index (χ1) is 6.75. The van der Waals surface area contributed by atoms with Crippen molar-refractivity contribution in [1.29, 1.82) is 0 Å². The molecule has 0 atom stereocenters. The molecule has 0 unspecified atom stereocenters. The maximum Gasteiger partial charge on any atom is 0.167 e. The van der Waals surface area contributed by atoms with Gasteiger partial charge in [0.15, 0.2) is 5.82 Å². The van der Waals surface area contributed by atoms with Crippen LogP contribution in [0.25, 0.3) is 0 Å². The molecule has 0 amide bonds. The van der Waals surface area contributed by atoms with Gasteiger partial charge in [-0.25, -0.2) is 4.98 Å². The molecule has 1 aromatic rings. The zero-order valence-corrected chi connectivity index (χ0v) is 9.39. The molecule has 0 aliphatic carbocycles. The van der Waals surface area contributed by atoms with Crippen molar-refractivity contribution in [1.82, 2.24) is 9.55 Å². The summed E-state index contributed by atoms with van der Waals surface area (Å²) in [5.74, 6) is 0.733. The first-order valence-electron chi connectivity index (χ1n) is 5.06. The van der Waals surface area contributed by atoms with E-state index in [0.717, 1.165) is 12.4 Å². The van der Waals surface area contributed by atoms with E-state index >= 15 is 0 Å². The van der Waals surface area contributed by atoms with Gasteiger partial charge in [0.25, 0.3) is 0 Å². The third kappa shape index (κ3) is 3.10. The summed E-state index contributed by atoms with van der Waals surface area (Å²) in [5.41, 5.74) is 5.54. The van der Waals surface area contributed by atoms with E-state index in [1.54, 1.807) is 6.20 Å². The predicted molar refractivity (Wildman–Crippen MR) is 62.3 cm³/mol. The standard InChI is InChI=1S/C10H17N3S/c1-2-3-4-5-7-13-8-6-12-10(13)9(11)14/h6,8H,2-5,7H2,1H3,(H2,11,14). The second-order valence-electron chi connectivity index (χ2n) is 3.37. The van der Waals surface area contributed by atoms with Crippen molar-refractivity contribution in [3.05, 3.63) is 18.2 Å². The maximum atomic E-state index is 5.54. The van der Waals surface area contributed by atoms with Crippen LogP contribution in [0.3, 0.4) is 0 Å². The first kappa shape index (κ1) is 11.2. The van der Waals surface area contributed by atoms with Crippen LogP contribution in [-0.4, -0.2) is 14.5 Å². The third-order valence-electron chi connectivity index (χ3n) is 2.19. The van der Waals surface area contributed by atoms with Crippen LogP contribution in [0.5, 0.6) is 0 Å². The fourth-order valence-corrected chi connectivity index (χ4v) is 1.59. The number of nitrogens with two attached hydrogens (primary N) is 1. The number of thiocarbonyl (C=S) groups is 1. The van der Waals surface area contributed by atoms with Crippen molar-refractivity contribution in [3.63, 3.8) is 0 Å². The molecule has 0 radical (unpaired) electrons. The molecule has 78 valence electrons. The Kier molecular flexibility index (Phi) is 4.59. The van der Waals surface area contributed by atoms with Crippen LogP contribution in [0.2, 0.25) is 0 Å². The number of nitrogens with zero attached hydrogens (tertiary/aromatic N) is 2. The number of hydrogen-bond donors (Lipinski definition) is 1. The Morgan fingerprint density at radius 3 is 2.93 bits per heavy atom. The quantitative estimate of drug-likeness (QED) is 0.579. The second kappa shape index (κ2) is 5.75. The largest absolute Gasteiger partial charge is 0.387 e. The normalized spacial score (nSPS) is 10.4. The number of aryl methyl sites for hydroxylation is 1. The lowest BCUT2D eigenvalue weighted by molar-refractivity contribution is 0.580. The lowest BCUT2D eigenvalue weighted by Crippen LogP contribution is -2.16. The van der Waals surface area contributed by atoms with Crippen LogP contribution in [0.15, 0.2) is 12.4 Å². The molecule has 3 nitrogen and oxygen atoms in total. The van der Waals surface area contributed by atoms with E-state index in [0.29, 0.717) is 4.99 Å². The van der Waals surface area contributed by atoms with E-state index in [2.05, 4.69) is 11.9 Å². The van der Waals surface area contributed by atoms with Gasteiger partial charge in [-0.15, -0.1) is 0 Å². The summed E-state index contributed by atoms with van der Waals surface area (Å²) in [7, 11) is 0.